The van der Waals surface area contributed by atoms with E-state index in [-0.39, 0.29) is 22.5 Å². The van der Waals surface area contributed by atoms with Crippen molar-refractivity contribution < 1.29 is 23.4 Å². The molecule has 0 saturated carbocycles. The molecule has 2 aromatic carbocycles. The number of para-hydroxylation sites is 2. The van der Waals surface area contributed by atoms with Gasteiger partial charge in [0, 0.05) is 13.0 Å². The number of hydrogen-bond donors (Lipinski definition) is 0. The summed E-state index contributed by atoms with van der Waals surface area (Å²) < 4.78 is 19.1. The third kappa shape index (κ3) is 3.16. The number of carbonyl (C=O) groups is 2. The van der Waals surface area contributed by atoms with Crippen molar-refractivity contribution in [1.82, 2.24) is 4.98 Å². The Kier molecular flexibility index (Phi) is 4.38. The second-order valence-electron chi connectivity index (χ2n) is 5.30. The van der Waals surface area contributed by atoms with E-state index in [1.54, 1.807) is 18.2 Å². The highest BCUT2D eigenvalue weighted by Gasteiger charge is 2.24. The van der Waals surface area contributed by atoms with Crippen LogP contribution in [0.4, 0.5) is 4.39 Å². The number of rotatable bonds is 4. The van der Waals surface area contributed by atoms with Crippen molar-refractivity contribution >= 4 is 22.8 Å². The molecular formula is C18H13FN2O4. The highest BCUT2D eigenvalue weighted by molar-refractivity contribution is 5.93. The molecule has 0 amide bonds. The summed E-state index contributed by atoms with van der Waals surface area (Å²) in [4.78, 5) is 28.1. The summed E-state index contributed by atoms with van der Waals surface area (Å²) in [5.74, 6) is -2.13. The van der Waals surface area contributed by atoms with Crippen LogP contribution in [0.3, 0.4) is 0 Å². The van der Waals surface area contributed by atoms with Crippen molar-refractivity contribution in [2.45, 2.75) is 13.5 Å². The zero-order valence-corrected chi connectivity index (χ0v) is 13.2. The van der Waals surface area contributed by atoms with Gasteiger partial charge in [-0.25, -0.2) is 14.2 Å². The summed E-state index contributed by atoms with van der Waals surface area (Å²) in [6.07, 6.45) is 0. The van der Waals surface area contributed by atoms with E-state index in [2.05, 4.69) is 4.98 Å². The summed E-state index contributed by atoms with van der Waals surface area (Å²) in [5, 5.41) is 12.4. The fourth-order valence-electron chi connectivity index (χ4n) is 2.45. The van der Waals surface area contributed by atoms with Gasteiger partial charge in [0.25, 0.3) is 5.69 Å². The molecule has 3 aromatic rings. The standard InChI is InChI=1S/C18H13FN2O4/c1-11(22)17-15(20-14-8-4-5-9-16(14)21(17)24)10-25-18(23)12-6-2-3-7-13(12)19/h2-9H,10H2,1H3. The first-order valence-electron chi connectivity index (χ1n) is 7.43. The predicted octanol–water partition coefficient (Wildman–Crippen LogP) is 2.57. The number of hydrogen-bond acceptors (Lipinski definition) is 5. The Morgan fingerprint density at radius 1 is 1.16 bits per heavy atom. The van der Waals surface area contributed by atoms with Crippen LogP contribution in [0, 0.1) is 11.0 Å². The van der Waals surface area contributed by atoms with Gasteiger partial charge in [0.05, 0.1) is 5.56 Å². The van der Waals surface area contributed by atoms with E-state index in [4.69, 9.17) is 4.74 Å². The molecule has 0 aliphatic carbocycles. The average Bonchev–Trinajstić information content (AvgIpc) is 2.60. The van der Waals surface area contributed by atoms with Gasteiger partial charge in [-0.2, -0.15) is 4.73 Å². The van der Waals surface area contributed by atoms with Gasteiger partial charge >= 0.3 is 5.97 Å². The third-order valence-electron chi connectivity index (χ3n) is 3.60. The Labute approximate surface area is 142 Å². The molecule has 0 N–H and O–H groups in total. The quantitative estimate of drug-likeness (QED) is 0.315. The maximum absolute atomic E-state index is 13.6. The molecule has 0 aliphatic rings. The number of fused-ring (bicyclic) bond motifs is 1. The van der Waals surface area contributed by atoms with Gasteiger partial charge in [0.2, 0.25) is 11.3 Å². The molecule has 0 saturated heterocycles. The molecule has 0 bridgehead atoms. The average molecular weight is 340 g/mol. The molecule has 0 fully saturated rings. The van der Waals surface area contributed by atoms with E-state index in [1.165, 1.54) is 31.2 Å². The first-order valence-corrected chi connectivity index (χ1v) is 7.43. The predicted molar refractivity (Wildman–Crippen MR) is 86.2 cm³/mol. The van der Waals surface area contributed by atoms with Crippen LogP contribution in [0.2, 0.25) is 0 Å². The fourth-order valence-corrected chi connectivity index (χ4v) is 2.45. The molecular weight excluding hydrogens is 327 g/mol. The van der Waals surface area contributed by atoms with E-state index in [0.717, 1.165) is 6.07 Å². The van der Waals surface area contributed by atoms with Gasteiger partial charge in [-0.15, -0.1) is 0 Å². The lowest BCUT2D eigenvalue weighted by Crippen LogP contribution is -2.37. The van der Waals surface area contributed by atoms with Gasteiger partial charge in [-0.3, -0.25) is 4.79 Å². The SMILES string of the molecule is CC(=O)c1c(COC(=O)c2ccccc2F)nc2ccccc2[n+]1[O-]. The van der Waals surface area contributed by atoms with Gasteiger partial charge in [-0.05, 0) is 18.2 Å². The monoisotopic (exact) mass is 340 g/mol. The van der Waals surface area contributed by atoms with E-state index >= 15 is 0 Å². The van der Waals surface area contributed by atoms with Crippen LogP contribution in [-0.2, 0) is 11.3 Å². The lowest BCUT2D eigenvalue weighted by Gasteiger charge is -2.10. The van der Waals surface area contributed by atoms with Crippen LogP contribution in [0.5, 0.6) is 0 Å². The van der Waals surface area contributed by atoms with Crippen molar-refractivity contribution in [3.8, 4) is 0 Å². The summed E-state index contributed by atoms with van der Waals surface area (Å²) in [6.45, 7) is 0.803. The second kappa shape index (κ2) is 6.64. The number of carbonyl (C=O) groups excluding carboxylic acids is 2. The summed E-state index contributed by atoms with van der Waals surface area (Å²) in [6, 6.07) is 11.9. The summed E-state index contributed by atoms with van der Waals surface area (Å²) in [5.41, 5.74) is 0.171. The number of esters is 1. The molecule has 3 rings (SSSR count). The van der Waals surface area contributed by atoms with E-state index < -0.39 is 24.2 Å². The van der Waals surface area contributed by atoms with Crippen molar-refractivity contribution in [3.63, 3.8) is 0 Å². The van der Waals surface area contributed by atoms with Crippen molar-refractivity contribution in [2.24, 2.45) is 0 Å². The molecule has 0 spiro atoms. The molecule has 126 valence electrons. The molecule has 6 nitrogen and oxygen atoms in total. The van der Waals surface area contributed by atoms with Gasteiger partial charge in [0.15, 0.2) is 5.69 Å². The first-order chi connectivity index (χ1) is 12.0. The number of ketones is 1. The number of ether oxygens (including phenoxy) is 1. The zero-order valence-electron chi connectivity index (χ0n) is 13.2. The van der Waals surface area contributed by atoms with Gasteiger partial charge in [0.1, 0.15) is 17.9 Å². The van der Waals surface area contributed by atoms with Crippen molar-refractivity contribution in [3.05, 3.63) is 76.5 Å². The molecule has 25 heavy (non-hydrogen) atoms. The molecule has 1 aromatic heterocycles. The maximum Gasteiger partial charge on any atom is 0.341 e. The minimum absolute atomic E-state index is 0.0193. The topological polar surface area (TPSA) is 83.2 Å². The molecule has 7 heteroatoms. The van der Waals surface area contributed by atoms with Crippen LogP contribution in [0.25, 0.3) is 11.0 Å². The Bertz CT molecular complexity index is 988. The maximum atomic E-state index is 13.6. The molecule has 1 heterocycles. The second-order valence-corrected chi connectivity index (χ2v) is 5.30. The Morgan fingerprint density at radius 3 is 2.56 bits per heavy atom. The molecule has 0 unspecified atom stereocenters. The van der Waals surface area contributed by atoms with Crippen LogP contribution in [0.1, 0.15) is 33.5 Å². The van der Waals surface area contributed by atoms with Gasteiger partial charge in [-0.1, -0.05) is 24.3 Å². The highest BCUT2D eigenvalue weighted by Crippen LogP contribution is 2.14. The largest absolute Gasteiger partial charge is 0.618 e. The number of aromatic nitrogens is 2. The highest BCUT2D eigenvalue weighted by atomic mass is 19.1. The van der Waals surface area contributed by atoms with Crippen LogP contribution in [-0.4, -0.2) is 16.7 Å². The first kappa shape index (κ1) is 16.5. The normalized spacial score (nSPS) is 10.6. The van der Waals surface area contributed by atoms with Gasteiger partial charge < -0.3 is 9.94 Å². The van der Waals surface area contributed by atoms with Crippen LogP contribution in [0.15, 0.2) is 48.5 Å². The smallest absolute Gasteiger partial charge is 0.341 e. The third-order valence-corrected chi connectivity index (χ3v) is 3.60. The molecule has 0 atom stereocenters. The van der Waals surface area contributed by atoms with Crippen LogP contribution >= 0.6 is 0 Å². The van der Waals surface area contributed by atoms with Crippen molar-refractivity contribution in [2.75, 3.05) is 0 Å². The zero-order chi connectivity index (χ0) is 18.0. The lowest BCUT2D eigenvalue weighted by atomic mass is 10.2. The number of nitrogens with zero attached hydrogens (tertiary/aromatic N) is 2. The summed E-state index contributed by atoms with van der Waals surface area (Å²) >= 11 is 0. The molecule has 0 aliphatic heterocycles. The Morgan fingerprint density at radius 2 is 1.84 bits per heavy atom. The number of Topliss-reactive ketones (excluding diaryl/α,β-unsaturated/α-hetero) is 1. The van der Waals surface area contributed by atoms with E-state index in [1.807, 2.05) is 0 Å². The Hall–Kier alpha value is -3.35. The minimum Gasteiger partial charge on any atom is -0.618 e. The van der Waals surface area contributed by atoms with E-state index in [9.17, 15) is 19.2 Å². The Balaban J connectivity index is 1.96. The summed E-state index contributed by atoms with van der Waals surface area (Å²) in [7, 11) is 0. The van der Waals surface area contributed by atoms with E-state index in [0.29, 0.717) is 10.2 Å². The van der Waals surface area contributed by atoms with Crippen LogP contribution < -0.4 is 4.73 Å². The fraction of sp³-hybridized carbons (Fsp3) is 0.111. The molecule has 0 radical (unpaired) electrons. The van der Waals surface area contributed by atoms with Crippen molar-refractivity contribution in [1.29, 1.82) is 0 Å². The lowest BCUT2D eigenvalue weighted by molar-refractivity contribution is -0.580. The minimum atomic E-state index is -0.903. The number of benzene rings is 2. The number of halogens is 1.